The molecule has 0 radical (unpaired) electrons. The summed E-state index contributed by atoms with van der Waals surface area (Å²) in [5.41, 5.74) is 0. The monoisotopic (exact) mass is 213 g/mol. The number of hydrogen-bond donors (Lipinski definition) is 2. The van der Waals surface area contributed by atoms with Crippen LogP contribution in [0, 0.1) is 0 Å². The third-order valence-electron chi connectivity index (χ3n) is 2.73. The first kappa shape index (κ1) is 10.7. The molecule has 15 heavy (non-hydrogen) atoms. The Bertz CT molecular complexity index is 225. The van der Waals surface area contributed by atoms with Gasteiger partial charge in [-0.25, -0.2) is 4.79 Å². The van der Waals surface area contributed by atoms with Gasteiger partial charge in [0.15, 0.2) is 0 Å². The standard InChI is InChI=1S/C10H19N3O2/c1-13(10(14)12-8-2-3-8)7-9-6-11-4-5-15-9/h8-9,11H,2-7H2,1H3,(H,12,14). The Morgan fingerprint density at radius 2 is 2.40 bits per heavy atom. The summed E-state index contributed by atoms with van der Waals surface area (Å²) in [6.45, 7) is 3.14. The Balaban J connectivity index is 1.69. The summed E-state index contributed by atoms with van der Waals surface area (Å²) in [4.78, 5) is 13.3. The molecule has 0 spiro atoms. The molecule has 1 atom stereocenters. The maximum absolute atomic E-state index is 11.6. The third kappa shape index (κ3) is 3.35. The van der Waals surface area contributed by atoms with Crippen LogP contribution in [-0.4, -0.2) is 56.4 Å². The van der Waals surface area contributed by atoms with Crippen molar-refractivity contribution in [1.82, 2.24) is 15.5 Å². The summed E-state index contributed by atoms with van der Waals surface area (Å²) in [5.74, 6) is 0. The molecule has 1 aliphatic heterocycles. The lowest BCUT2D eigenvalue weighted by molar-refractivity contribution is 0.0155. The second-order valence-electron chi connectivity index (χ2n) is 4.30. The van der Waals surface area contributed by atoms with E-state index < -0.39 is 0 Å². The van der Waals surface area contributed by atoms with Crippen LogP contribution in [-0.2, 0) is 4.74 Å². The van der Waals surface area contributed by atoms with Crippen molar-refractivity contribution < 1.29 is 9.53 Å². The molecule has 2 N–H and O–H groups in total. The van der Waals surface area contributed by atoms with E-state index in [0.717, 1.165) is 32.5 Å². The van der Waals surface area contributed by atoms with Crippen LogP contribution in [0.2, 0.25) is 0 Å². The van der Waals surface area contributed by atoms with E-state index in [9.17, 15) is 4.79 Å². The van der Waals surface area contributed by atoms with Crippen LogP contribution < -0.4 is 10.6 Å². The van der Waals surface area contributed by atoms with Crippen molar-refractivity contribution in [2.45, 2.75) is 25.0 Å². The molecule has 1 saturated carbocycles. The lowest BCUT2D eigenvalue weighted by Crippen LogP contribution is -2.48. The third-order valence-corrected chi connectivity index (χ3v) is 2.73. The summed E-state index contributed by atoms with van der Waals surface area (Å²) in [6, 6.07) is 0.442. The average molecular weight is 213 g/mol. The Morgan fingerprint density at radius 3 is 3.00 bits per heavy atom. The highest BCUT2D eigenvalue weighted by atomic mass is 16.5. The molecule has 0 aromatic heterocycles. The number of ether oxygens (including phenoxy) is 1. The summed E-state index contributed by atoms with van der Waals surface area (Å²) in [7, 11) is 1.82. The molecule has 0 bridgehead atoms. The van der Waals surface area contributed by atoms with Gasteiger partial charge in [-0.3, -0.25) is 0 Å². The largest absolute Gasteiger partial charge is 0.374 e. The molecule has 2 fully saturated rings. The van der Waals surface area contributed by atoms with E-state index >= 15 is 0 Å². The van der Waals surface area contributed by atoms with Gasteiger partial charge in [-0.2, -0.15) is 0 Å². The quantitative estimate of drug-likeness (QED) is 0.681. The van der Waals surface area contributed by atoms with E-state index in [4.69, 9.17) is 4.74 Å². The van der Waals surface area contributed by atoms with Crippen LogP contribution in [0.4, 0.5) is 4.79 Å². The van der Waals surface area contributed by atoms with Crippen LogP contribution in [0.5, 0.6) is 0 Å². The summed E-state index contributed by atoms with van der Waals surface area (Å²) < 4.78 is 5.54. The molecule has 1 unspecified atom stereocenters. The van der Waals surface area contributed by atoms with Crippen molar-refractivity contribution in [1.29, 1.82) is 0 Å². The van der Waals surface area contributed by atoms with Crippen LogP contribution in [0.15, 0.2) is 0 Å². The first-order chi connectivity index (χ1) is 7.25. The molecule has 5 heteroatoms. The predicted molar refractivity (Wildman–Crippen MR) is 56.8 cm³/mol. The van der Waals surface area contributed by atoms with E-state index in [-0.39, 0.29) is 12.1 Å². The number of rotatable bonds is 3. The molecule has 1 heterocycles. The van der Waals surface area contributed by atoms with Crippen molar-refractivity contribution in [2.24, 2.45) is 0 Å². The van der Waals surface area contributed by atoms with E-state index in [2.05, 4.69) is 10.6 Å². The zero-order valence-corrected chi connectivity index (χ0v) is 9.16. The van der Waals surface area contributed by atoms with Gasteiger partial charge in [-0.15, -0.1) is 0 Å². The molecule has 86 valence electrons. The van der Waals surface area contributed by atoms with Crippen LogP contribution >= 0.6 is 0 Å². The highest BCUT2D eigenvalue weighted by Gasteiger charge is 2.26. The fraction of sp³-hybridized carbons (Fsp3) is 0.900. The van der Waals surface area contributed by atoms with Gasteiger partial charge in [0.2, 0.25) is 0 Å². The number of urea groups is 1. The van der Waals surface area contributed by atoms with Crippen LogP contribution in [0.3, 0.4) is 0 Å². The van der Waals surface area contributed by atoms with Gasteiger partial charge >= 0.3 is 6.03 Å². The van der Waals surface area contributed by atoms with Gasteiger partial charge in [-0.05, 0) is 12.8 Å². The number of carbonyl (C=O) groups is 1. The maximum atomic E-state index is 11.6. The first-order valence-corrected chi connectivity index (χ1v) is 5.59. The van der Waals surface area contributed by atoms with Crippen molar-refractivity contribution in [2.75, 3.05) is 33.3 Å². The van der Waals surface area contributed by atoms with Crippen LogP contribution in [0.1, 0.15) is 12.8 Å². The van der Waals surface area contributed by atoms with Gasteiger partial charge in [-0.1, -0.05) is 0 Å². The fourth-order valence-electron chi connectivity index (χ4n) is 1.64. The Kier molecular flexibility index (Phi) is 3.43. The summed E-state index contributed by atoms with van der Waals surface area (Å²) in [6.07, 6.45) is 2.39. The minimum absolute atomic E-state index is 0.0201. The van der Waals surface area contributed by atoms with E-state index in [0.29, 0.717) is 12.6 Å². The first-order valence-electron chi connectivity index (χ1n) is 5.59. The molecular formula is C10H19N3O2. The molecule has 2 aliphatic rings. The Hall–Kier alpha value is -0.810. The Morgan fingerprint density at radius 1 is 1.60 bits per heavy atom. The van der Waals surface area contributed by atoms with Gasteiger partial charge < -0.3 is 20.3 Å². The molecule has 2 rings (SSSR count). The number of nitrogens with one attached hydrogen (secondary N) is 2. The zero-order chi connectivity index (χ0) is 10.7. The molecule has 2 amide bonds. The lowest BCUT2D eigenvalue weighted by atomic mass is 10.3. The highest BCUT2D eigenvalue weighted by Crippen LogP contribution is 2.18. The maximum Gasteiger partial charge on any atom is 0.317 e. The van der Waals surface area contributed by atoms with Crippen molar-refractivity contribution in [3.8, 4) is 0 Å². The second-order valence-corrected chi connectivity index (χ2v) is 4.30. The van der Waals surface area contributed by atoms with E-state index in [1.165, 1.54) is 0 Å². The fourth-order valence-corrected chi connectivity index (χ4v) is 1.64. The normalized spacial score (nSPS) is 26.1. The van der Waals surface area contributed by atoms with Gasteiger partial charge in [0, 0.05) is 32.7 Å². The van der Waals surface area contributed by atoms with Gasteiger partial charge in [0.1, 0.15) is 0 Å². The van der Waals surface area contributed by atoms with E-state index in [1.54, 1.807) is 4.90 Å². The minimum atomic E-state index is 0.0201. The topological polar surface area (TPSA) is 53.6 Å². The number of carbonyl (C=O) groups excluding carboxylic acids is 1. The van der Waals surface area contributed by atoms with E-state index in [1.807, 2.05) is 7.05 Å². The Labute approximate surface area is 90.1 Å². The second kappa shape index (κ2) is 4.81. The number of likely N-dealkylation sites (N-methyl/N-ethyl adjacent to an activating group) is 1. The molecule has 0 aromatic carbocycles. The molecule has 0 aromatic rings. The summed E-state index contributed by atoms with van der Waals surface area (Å²) in [5, 5.41) is 6.20. The van der Waals surface area contributed by atoms with Crippen molar-refractivity contribution in [3.63, 3.8) is 0 Å². The lowest BCUT2D eigenvalue weighted by Gasteiger charge is -2.28. The number of morpholine rings is 1. The van der Waals surface area contributed by atoms with Crippen LogP contribution in [0.25, 0.3) is 0 Å². The van der Waals surface area contributed by atoms with Gasteiger partial charge in [0.25, 0.3) is 0 Å². The average Bonchev–Trinajstić information content (AvgIpc) is 3.03. The predicted octanol–water partition coefficient (Wildman–Crippen LogP) is -0.221. The van der Waals surface area contributed by atoms with Crippen molar-refractivity contribution in [3.05, 3.63) is 0 Å². The van der Waals surface area contributed by atoms with Crippen molar-refractivity contribution >= 4 is 6.03 Å². The zero-order valence-electron chi connectivity index (χ0n) is 9.16. The highest BCUT2D eigenvalue weighted by molar-refractivity contribution is 5.74. The SMILES string of the molecule is CN(CC1CNCCO1)C(=O)NC1CC1. The molecule has 1 saturated heterocycles. The van der Waals surface area contributed by atoms with Gasteiger partial charge in [0.05, 0.1) is 12.7 Å². The molecule has 1 aliphatic carbocycles. The number of amides is 2. The summed E-state index contributed by atoms with van der Waals surface area (Å²) >= 11 is 0. The minimum Gasteiger partial charge on any atom is -0.374 e. The smallest absolute Gasteiger partial charge is 0.317 e. The molecular weight excluding hydrogens is 194 g/mol. The number of nitrogens with zero attached hydrogens (tertiary/aromatic N) is 1. The molecule has 5 nitrogen and oxygen atoms in total. The number of hydrogen-bond acceptors (Lipinski definition) is 3.